The van der Waals surface area contributed by atoms with Crippen molar-refractivity contribution in [1.82, 2.24) is 4.98 Å². The Kier molecular flexibility index (Phi) is 6.72. The maximum atomic E-state index is 12.7. The lowest BCUT2D eigenvalue weighted by Crippen LogP contribution is -2.22. The fraction of sp³-hybridized carbons (Fsp3) is 0.125. The Morgan fingerprint density at radius 3 is 2.62 bits per heavy atom. The highest BCUT2D eigenvalue weighted by Crippen LogP contribution is 2.29. The first-order valence-corrected chi connectivity index (χ1v) is 11.7. The van der Waals surface area contributed by atoms with Crippen molar-refractivity contribution in [3.63, 3.8) is 0 Å². The standard InChI is InChI=1S/C24H21N3O3S2/c1-15-8-10-17(11-9-15)20-14-31-24(26-20)27-22(28)16(2)32-19-6-3-5-18(13-19)25-23(29)21-7-4-12-30-21/h3-14,16H,1-2H3,(H,25,29)(H,26,27,28). The molecule has 4 aromatic rings. The third-order valence-corrected chi connectivity index (χ3v) is 6.45. The second-order valence-corrected chi connectivity index (χ2v) is 9.38. The number of nitrogens with zero attached hydrogens (tertiary/aromatic N) is 1. The second kappa shape index (κ2) is 9.84. The van der Waals surface area contributed by atoms with E-state index in [-0.39, 0.29) is 22.8 Å². The lowest BCUT2D eigenvalue weighted by molar-refractivity contribution is -0.115. The smallest absolute Gasteiger partial charge is 0.291 e. The second-order valence-electron chi connectivity index (χ2n) is 7.11. The molecule has 0 aliphatic heterocycles. The van der Waals surface area contributed by atoms with Crippen molar-refractivity contribution in [2.24, 2.45) is 0 Å². The van der Waals surface area contributed by atoms with Crippen molar-refractivity contribution in [2.75, 3.05) is 10.6 Å². The summed E-state index contributed by atoms with van der Waals surface area (Å²) in [6.45, 7) is 3.88. The average Bonchev–Trinajstić information content (AvgIpc) is 3.47. The molecule has 6 nitrogen and oxygen atoms in total. The summed E-state index contributed by atoms with van der Waals surface area (Å²) < 4.78 is 5.11. The fourth-order valence-corrected chi connectivity index (χ4v) is 4.55. The molecule has 1 unspecified atom stereocenters. The van der Waals surface area contributed by atoms with Crippen LogP contribution in [0.2, 0.25) is 0 Å². The number of benzene rings is 2. The average molecular weight is 464 g/mol. The van der Waals surface area contributed by atoms with Gasteiger partial charge in [-0.1, -0.05) is 35.9 Å². The van der Waals surface area contributed by atoms with Crippen molar-refractivity contribution >= 4 is 45.7 Å². The van der Waals surface area contributed by atoms with Crippen LogP contribution in [0.3, 0.4) is 0 Å². The molecule has 4 rings (SSSR count). The van der Waals surface area contributed by atoms with Crippen LogP contribution < -0.4 is 10.6 Å². The third-order valence-electron chi connectivity index (χ3n) is 4.60. The number of carbonyl (C=O) groups is 2. The predicted octanol–water partition coefficient (Wildman–Crippen LogP) is 6.08. The first kappa shape index (κ1) is 21.9. The Morgan fingerprint density at radius 2 is 1.88 bits per heavy atom. The molecule has 2 amide bonds. The Balaban J connectivity index is 1.36. The molecule has 0 saturated heterocycles. The molecule has 0 saturated carbocycles. The Bertz CT molecular complexity index is 1220. The summed E-state index contributed by atoms with van der Waals surface area (Å²) in [6, 6.07) is 18.7. The number of thioether (sulfide) groups is 1. The van der Waals surface area contributed by atoms with Crippen LogP contribution >= 0.6 is 23.1 Å². The summed E-state index contributed by atoms with van der Waals surface area (Å²) in [5.41, 5.74) is 3.67. The number of anilines is 2. The van der Waals surface area contributed by atoms with E-state index in [1.54, 1.807) is 18.2 Å². The van der Waals surface area contributed by atoms with Gasteiger partial charge in [-0.3, -0.25) is 9.59 Å². The molecule has 2 aromatic heterocycles. The van der Waals surface area contributed by atoms with Gasteiger partial charge in [0.25, 0.3) is 5.91 Å². The molecule has 2 aromatic carbocycles. The minimum Gasteiger partial charge on any atom is -0.459 e. The van der Waals surface area contributed by atoms with Crippen LogP contribution in [0.15, 0.2) is 81.6 Å². The number of nitrogens with one attached hydrogen (secondary N) is 2. The number of aryl methyl sites for hydroxylation is 1. The maximum absolute atomic E-state index is 12.7. The number of thiazole rings is 1. The van der Waals surface area contributed by atoms with Gasteiger partial charge in [0.05, 0.1) is 17.2 Å². The lowest BCUT2D eigenvalue weighted by Gasteiger charge is -2.11. The van der Waals surface area contributed by atoms with Crippen LogP contribution in [0.25, 0.3) is 11.3 Å². The van der Waals surface area contributed by atoms with Crippen LogP contribution in [0.1, 0.15) is 23.0 Å². The Labute approximate surface area is 194 Å². The summed E-state index contributed by atoms with van der Waals surface area (Å²) in [4.78, 5) is 30.2. The zero-order valence-corrected chi connectivity index (χ0v) is 19.1. The first-order chi connectivity index (χ1) is 15.5. The van der Waals surface area contributed by atoms with Crippen LogP contribution in [0, 0.1) is 6.92 Å². The molecule has 1 atom stereocenters. The van der Waals surface area contributed by atoms with E-state index in [1.165, 1.54) is 34.9 Å². The van der Waals surface area contributed by atoms with E-state index in [0.29, 0.717) is 10.8 Å². The summed E-state index contributed by atoms with van der Waals surface area (Å²) in [7, 11) is 0. The third kappa shape index (κ3) is 5.46. The number of aromatic nitrogens is 1. The largest absolute Gasteiger partial charge is 0.459 e. The van der Waals surface area contributed by atoms with Gasteiger partial charge >= 0.3 is 0 Å². The summed E-state index contributed by atoms with van der Waals surface area (Å²) in [6.07, 6.45) is 1.45. The van der Waals surface area contributed by atoms with E-state index < -0.39 is 0 Å². The van der Waals surface area contributed by atoms with Gasteiger partial charge in [-0.25, -0.2) is 4.98 Å². The van der Waals surface area contributed by atoms with E-state index >= 15 is 0 Å². The Hall–Kier alpha value is -3.36. The Morgan fingerprint density at radius 1 is 1.06 bits per heavy atom. The number of amides is 2. The highest BCUT2D eigenvalue weighted by molar-refractivity contribution is 8.00. The van der Waals surface area contributed by atoms with Gasteiger partial charge in [0.15, 0.2) is 10.9 Å². The molecule has 0 fully saturated rings. The highest BCUT2D eigenvalue weighted by Gasteiger charge is 2.17. The molecular formula is C24H21N3O3S2. The zero-order valence-electron chi connectivity index (χ0n) is 17.5. The van der Waals surface area contributed by atoms with Gasteiger partial charge in [0, 0.05) is 21.5 Å². The van der Waals surface area contributed by atoms with Gasteiger partial charge in [-0.15, -0.1) is 23.1 Å². The number of carbonyl (C=O) groups excluding carboxylic acids is 2. The maximum Gasteiger partial charge on any atom is 0.291 e. The van der Waals surface area contributed by atoms with E-state index in [0.717, 1.165) is 16.2 Å². The summed E-state index contributed by atoms with van der Waals surface area (Å²) in [5, 5.41) is 7.84. The number of hydrogen-bond donors (Lipinski definition) is 2. The predicted molar refractivity (Wildman–Crippen MR) is 129 cm³/mol. The molecular weight excluding hydrogens is 442 g/mol. The van der Waals surface area contributed by atoms with Crippen LogP contribution in [0.5, 0.6) is 0 Å². The minimum absolute atomic E-state index is 0.134. The van der Waals surface area contributed by atoms with Gasteiger partial charge < -0.3 is 15.1 Å². The number of hydrogen-bond acceptors (Lipinski definition) is 6. The zero-order chi connectivity index (χ0) is 22.5. The van der Waals surface area contributed by atoms with Crippen molar-refractivity contribution in [1.29, 1.82) is 0 Å². The quantitative estimate of drug-likeness (QED) is 0.324. The minimum atomic E-state index is -0.349. The van der Waals surface area contributed by atoms with Crippen LogP contribution in [-0.4, -0.2) is 22.0 Å². The van der Waals surface area contributed by atoms with Crippen LogP contribution in [-0.2, 0) is 4.79 Å². The lowest BCUT2D eigenvalue weighted by atomic mass is 10.1. The number of rotatable bonds is 7. The van der Waals surface area contributed by atoms with Gasteiger partial charge in [0.2, 0.25) is 5.91 Å². The van der Waals surface area contributed by atoms with E-state index in [1.807, 2.05) is 61.7 Å². The van der Waals surface area contributed by atoms with Crippen molar-refractivity contribution in [3.8, 4) is 11.3 Å². The van der Waals surface area contributed by atoms with Gasteiger partial charge in [0.1, 0.15) is 0 Å². The topological polar surface area (TPSA) is 84.2 Å². The van der Waals surface area contributed by atoms with Crippen molar-refractivity contribution in [2.45, 2.75) is 24.0 Å². The van der Waals surface area contributed by atoms with E-state index in [9.17, 15) is 9.59 Å². The van der Waals surface area contributed by atoms with Crippen LogP contribution in [0.4, 0.5) is 10.8 Å². The molecule has 2 N–H and O–H groups in total. The monoisotopic (exact) mass is 463 g/mol. The first-order valence-electron chi connectivity index (χ1n) is 9.93. The molecule has 0 aliphatic carbocycles. The molecule has 0 aliphatic rings. The molecule has 2 heterocycles. The molecule has 0 radical (unpaired) electrons. The summed E-state index contributed by atoms with van der Waals surface area (Å²) in [5.74, 6) is -0.217. The van der Waals surface area contributed by atoms with E-state index in [2.05, 4.69) is 15.6 Å². The molecule has 0 spiro atoms. The summed E-state index contributed by atoms with van der Waals surface area (Å²) >= 11 is 2.80. The van der Waals surface area contributed by atoms with E-state index in [4.69, 9.17) is 4.42 Å². The number of furan rings is 1. The van der Waals surface area contributed by atoms with Crippen molar-refractivity contribution < 1.29 is 14.0 Å². The molecule has 162 valence electrons. The van der Waals surface area contributed by atoms with Gasteiger partial charge in [-0.2, -0.15) is 0 Å². The van der Waals surface area contributed by atoms with Crippen molar-refractivity contribution in [3.05, 3.63) is 83.6 Å². The highest BCUT2D eigenvalue weighted by atomic mass is 32.2. The fourth-order valence-electron chi connectivity index (χ4n) is 2.90. The molecule has 0 bridgehead atoms. The molecule has 8 heteroatoms. The normalized spacial score (nSPS) is 11.7. The van der Waals surface area contributed by atoms with Gasteiger partial charge in [-0.05, 0) is 44.2 Å². The SMILES string of the molecule is Cc1ccc(-c2csc(NC(=O)C(C)Sc3cccc(NC(=O)c4ccco4)c3)n2)cc1. The molecule has 32 heavy (non-hydrogen) atoms.